The van der Waals surface area contributed by atoms with Crippen LogP contribution < -0.4 is 10.6 Å². The largest absolute Gasteiger partial charge is 0.481 e. The molecular formula is C19H24N4O3S. The number of aromatic nitrogens is 2. The van der Waals surface area contributed by atoms with E-state index >= 15 is 0 Å². The highest BCUT2D eigenvalue weighted by Crippen LogP contribution is 2.34. The van der Waals surface area contributed by atoms with Crippen molar-refractivity contribution in [3.05, 3.63) is 40.9 Å². The van der Waals surface area contributed by atoms with Gasteiger partial charge in [0.2, 0.25) is 5.13 Å². The second kappa shape index (κ2) is 8.04. The standard InChI is InChI=1S/C19H24N4O3S/c1-19(2,13-6-4-3-5-7-13)16-22-23-18(27-16)21-17(26)20-14-10-8-12(9-11-14)15(24)25/h3-7,12,14H,8-11H2,1-2H3,(H,24,25)(H2,20,21,23,26). The molecular weight excluding hydrogens is 364 g/mol. The summed E-state index contributed by atoms with van der Waals surface area (Å²) < 4.78 is 0. The van der Waals surface area contributed by atoms with Crippen LogP contribution in [0.25, 0.3) is 0 Å². The lowest BCUT2D eigenvalue weighted by molar-refractivity contribution is -0.142. The molecule has 7 nitrogen and oxygen atoms in total. The van der Waals surface area contributed by atoms with Crippen LogP contribution >= 0.6 is 11.3 Å². The molecule has 1 heterocycles. The number of urea groups is 1. The van der Waals surface area contributed by atoms with Crippen LogP contribution in [-0.4, -0.2) is 33.3 Å². The lowest BCUT2D eigenvalue weighted by Crippen LogP contribution is -2.40. The minimum atomic E-state index is -0.750. The summed E-state index contributed by atoms with van der Waals surface area (Å²) in [7, 11) is 0. The van der Waals surface area contributed by atoms with Gasteiger partial charge in [-0.3, -0.25) is 10.1 Å². The van der Waals surface area contributed by atoms with Crippen molar-refractivity contribution in [3.63, 3.8) is 0 Å². The highest BCUT2D eigenvalue weighted by molar-refractivity contribution is 7.15. The fourth-order valence-electron chi connectivity index (χ4n) is 3.31. The smallest absolute Gasteiger partial charge is 0.321 e. The zero-order valence-corrected chi connectivity index (χ0v) is 16.3. The summed E-state index contributed by atoms with van der Waals surface area (Å²) in [6.07, 6.45) is 2.53. The molecule has 0 radical (unpaired) electrons. The number of carbonyl (C=O) groups is 2. The summed E-state index contributed by atoms with van der Waals surface area (Å²) in [6.45, 7) is 4.15. The van der Waals surface area contributed by atoms with Gasteiger partial charge >= 0.3 is 12.0 Å². The van der Waals surface area contributed by atoms with Gasteiger partial charge in [-0.25, -0.2) is 4.79 Å². The van der Waals surface area contributed by atoms with Crippen molar-refractivity contribution in [1.29, 1.82) is 0 Å². The maximum absolute atomic E-state index is 12.2. The minimum absolute atomic E-state index is 0.00579. The lowest BCUT2D eigenvalue weighted by atomic mass is 9.85. The molecule has 0 atom stereocenters. The summed E-state index contributed by atoms with van der Waals surface area (Å²) >= 11 is 1.36. The average molecular weight is 388 g/mol. The number of nitrogens with zero attached hydrogens (tertiary/aromatic N) is 2. The van der Waals surface area contributed by atoms with Crippen molar-refractivity contribution in [3.8, 4) is 0 Å². The second-order valence-corrected chi connectivity index (χ2v) is 8.37. The number of benzene rings is 1. The number of carboxylic acid groups (broad SMARTS) is 1. The molecule has 27 heavy (non-hydrogen) atoms. The van der Waals surface area contributed by atoms with Gasteiger partial charge in [0.15, 0.2) is 0 Å². The average Bonchev–Trinajstić information content (AvgIpc) is 3.12. The fourth-order valence-corrected chi connectivity index (χ4v) is 4.17. The van der Waals surface area contributed by atoms with E-state index in [1.807, 2.05) is 18.2 Å². The Hall–Kier alpha value is -2.48. The molecule has 144 valence electrons. The van der Waals surface area contributed by atoms with Crippen molar-refractivity contribution in [2.45, 2.75) is 51.0 Å². The number of amides is 2. The highest BCUT2D eigenvalue weighted by Gasteiger charge is 2.29. The van der Waals surface area contributed by atoms with Crippen LogP contribution in [0, 0.1) is 5.92 Å². The molecule has 1 aliphatic rings. The number of hydrogen-bond acceptors (Lipinski definition) is 5. The van der Waals surface area contributed by atoms with Gasteiger partial charge in [-0.2, -0.15) is 0 Å². The Balaban J connectivity index is 1.56. The highest BCUT2D eigenvalue weighted by atomic mass is 32.1. The molecule has 1 aliphatic carbocycles. The first-order chi connectivity index (χ1) is 12.9. The normalized spacial score (nSPS) is 20.1. The van der Waals surface area contributed by atoms with E-state index in [2.05, 4.69) is 46.8 Å². The molecule has 0 unspecified atom stereocenters. The van der Waals surface area contributed by atoms with Crippen molar-refractivity contribution in [2.75, 3.05) is 5.32 Å². The molecule has 0 saturated heterocycles. The molecule has 3 N–H and O–H groups in total. The third-order valence-corrected chi connectivity index (χ3v) is 6.25. The van der Waals surface area contributed by atoms with Crippen molar-refractivity contribution in [1.82, 2.24) is 15.5 Å². The Bertz CT molecular complexity index is 798. The molecule has 3 rings (SSSR count). The summed E-state index contributed by atoms with van der Waals surface area (Å²) in [4.78, 5) is 23.2. The Morgan fingerprint density at radius 2 is 1.78 bits per heavy atom. The molecule has 1 aromatic heterocycles. The maximum Gasteiger partial charge on any atom is 0.321 e. The number of carboxylic acids is 1. The molecule has 2 amide bonds. The lowest BCUT2D eigenvalue weighted by Gasteiger charge is -2.26. The van der Waals surface area contributed by atoms with Crippen molar-refractivity contribution >= 4 is 28.5 Å². The number of hydrogen-bond donors (Lipinski definition) is 3. The molecule has 8 heteroatoms. The van der Waals surface area contributed by atoms with E-state index in [9.17, 15) is 9.59 Å². The topological polar surface area (TPSA) is 104 Å². The molecule has 1 fully saturated rings. The predicted octanol–water partition coefficient (Wildman–Crippen LogP) is 3.63. The number of carbonyl (C=O) groups excluding carboxylic acids is 1. The van der Waals surface area contributed by atoms with Gasteiger partial charge in [0.1, 0.15) is 5.01 Å². The van der Waals surface area contributed by atoms with E-state index in [-0.39, 0.29) is 23.4 Å². The molecule has 0 spiro atoms. The molecule has 0 bridgehead atoms. The van der Waals surface area contributed by atoms with E-state index in [0.29, 0.717) is 30.8 Å². The number of anilines is 1. The zero-order valence-electron chi connectivity index (χ0n) is 15.4. The van der Waals surface area contributed by atoms with Gasteiger partial charge in [-0.15, -0.1) is 10.2 Å². The number of rotatable bonds is 5. The summed E-state index contributed by atoms with van der Waals surface area (Å²) in [6, 6.07) is 9.72. The van der Waals surface area contributed by atoms with Gasteiger partial charge in [-0.1, -0.05) is 41.7 Å². The van der Waals surface area contributed by atoms with Crippen molar-refractivity contribution < 1.29 is 14.7 Å². The van der Waals surface area contributed by atoms with Crippen LogP contribution in [-0.2, 0) is 10.2 Å². The van der Waals surface area contributed by atoms with E-state index < -0.39 is 5.97 Å². The quantitative estimate of drug-likeness (QED) is 0.725. The number of nitrogens with one attached hydrogen (secondary N) is 2. The first-order valence-corrected chi connectivity index (χ1v) is 9.87. The van der Waals surface area contributed by atoms with Gasteiger partial charge in [-0.05, 0) is 45.1 Å². The molecule has 2 aromatic rings. The summed E-state index contributed by atoms with van der Waals surface area (Å²) in [5, 5.41) is 24.3. The van der Waals surface area contributed by atoms with E-state index in [0.717, 1.165) is 10.6 Å². The van der Waals surface area contributed by atoms with Gasteiger partial charge < -0.3 is 10.4 Å². The Labute approximate surface area is 162 Å². The van der Waals surface area contributed by atoms with Crippen LogP contribution in [0.4, 0.5) is 9.93 Å². The summed E-state index contributed by atoms with van der Waals surface area (Å²) in [5.41, 5.74) is 0.831. The maximum atomic E-state index is 12.2. The Morgan fingerprint density at radius 1 is 1.11 bits per heavy atom. The SMILES string of the molecule is CC(C)(c1ccccc1)c1nnc(NC(=O)NC2CCC(C(=O)O)CC2)s1. The fraction of sp³-hybridized carbons (Fsp3) is 0.474. The van der Waals surface area contributed by atoms with Crippen LogP contribution in [0.15, 0.2) is 30.3 Å². The predicted molar refractivity (Wildman–Crippen MR) is 104 cm³/mol. The first-order valence-electron chi connectivity index (χ1n) is 9.06. The van der Waals surface area contributed by atoms with E-state index in [1.165, 1.54) is 11.3 Å². The van der Waals surface area contributed by atoms with Crippen LogP contribution in [0.1, 0.15) is 50.1 Å². The molecule has 1 saturated carbocycles. The summed E-state index contributed by atoms with van der Waals surface area (Å²) in [5.74, 6) is -1.04. The van der Waals surface area contributed by atoms with E-state index in [4.69, 9.17) is 5.11 Å². The van der Waals surface area contributed by atoms with Gasteiger partial charge in [0, 0.05) is 11.5 Å². The van der Waals surface area contributed by atoms with Crippen LogP contribution in [0.5, 0.6) is 0 Å². The monoisotopic (exact) mass is 388 g/mol. The minimum Gasteiger partial charge on any atom is -0.481 e. The molecule has 1 aromatic carbocycles. The van der Waals surface area contributed by atoms with Gasteiger partial charge in [0.05, 0.1) is 5.92 Å². The van der Waals surface area contributed by atoms with Crippen LogP contribution in [0.3, 0.4) is 0 Å². The van der Waals surface area contributed by atoms with Gasteiger partial charge in [0.25, 0.3) is 0 Å². The molecule has 0 aliphatic heterocycles. The van der Waals surface area contributed by atoms with Crippen LogP contribution in [0.2, 0.25) is 0 Å². The second-order valence-electron chi connectivity index (χ2n) is 7.39. The first kappa shape index (κ1) is 19.3. The van der Waals surface area contributed by atoms with Crippen molar-refractivity contribution in [2.24, 2.45) is 5.92 Å². The van der Waals surface area contributed by atoms with E-state index in [1.54, 1.807) is 0 Å². The Morgan fingerprint density at radius 3 is 2.41 bits per heavy atom. The Kier molecular flexibility index (Phi) is 5.74. The zero-order chi connectivity index (χ0) is 19.4. The third-order valence-electron chi connectivity index (χ3n) is 5.09. The third kappa shape index (κ3) is 4.63. The number of aliphatic carboxylic acids is 1.